The molecule has 26 heavy (non-hydrogen) atoms. The van der Waals surface area contributed by atoms with Gasteiger partial charge in [0.25, 0.3) is 5.91 Å². The van der Waals surface area contributed by atoms with E-state index in [0.717, 1.165) is 0 Å². The highest BCUT2D eigenvalue weighted by atomic mass is 35.5. The van der Waals surface area contributed by atoms with Crippen LogP contribution < -0.4 is 10.6 Å². The van der Waals surface area contributed by atoms with E-state index in [0.29, 0.717) is 38.4 Å². The second-order valence-electron chi connectivity index (χ2n) is 5.33. The Morgan fingerprint density at radius 2 is 1.85 bits per heavy atom. The van der Waals surface area contributed by atoms with Crippen LogP contribution in [0.2, 0.25) is 10.0 Å². The maximum absolute atomic E-state index is 12.4. The van der Waals surface area contributed by atoms with Crippen molar-refractivity contribution in [1.29, 1.82) is 5.26 Å². The van der Waals surface area contributed by atoms with Crippen LogP contribution in [0.15, 0.2) is 60.8 Å². The smallest absolute Gasteiger partial charge is 0.255 e. The van der Waals surface area contributed by atoms with Gasteiger partial charge in [-0.05, 0) is 48.5 Å². The number of hydrogen-bond donors (Lipinski definition) is 2. The number of hydrogen-bond acceptors (Lipinski definition) is 4. The second-order valence-corrected chi connectivity index (χ2v) is 6.14. The molecule has 128 valence electrons. The highest BCUT2D eigenvalue weighted by Crippen LogP contribution is 2.25. The summed E-state index contributed by atoms with van der Waals surface area (Å²) >= 11 is 11.8. The number of nitrogens with zero attached hydrogens (tertiary/aromatic N) is 2. The Labute approximate surface area is 160 Å². The number of halogens is 2. The lowest BCUT2D eigenvalue weighted by atomic mass is 10.2. The Morgan fingerprint density at radius 1 is 1.00 bits per heavy atom. The van der Waals surface area contributed by atoms with Crippen molar-refractivity contribution in [2.24, 2.45) is 0 Å². The summed E-state index contributed by atoms with van der Waals surface area (Å²) in [5.74, 6) is 0.182. The molecule has 0 bridgehead atoms. The van der Waals surface area contributed by atoms with Crippen molar-refractivity contribution < 1.29 is 4.79 Å². The van der Waals surface area contributed by atoms with Crippen molar-refractivity contribution in [3.8, 4) is 6.07 Å². The lowest BCUT2D eigenvalue weighted by Crippen LogP contribution is -2.12. The largest absolute Gasteiger partial charge is 0.340 e. The Morgan fingerprint density at radius 3 is 2.62 bits per heavy atom. The molecule has 1 heterocycles. The molecule has 5 nitrogen and oxygen atoms in total. The molecule has 1 amide bonds. The normalized spacial score (nSPS) is 10.0. The Bertz CT molecular complexity index is 1010. The summed E-state index contributed by atoms with van der Waals surface area (Å²) in [6.07, 6.45) is 1.53. The maximum atomic E-state index is 12.4. The van der Waals surface area contributed by atoms with Crippen molar-refractivity contribution in [2.45, 2.75) is 0 Å². The average molecular weight is 383 g/mol. The van der Waals surface area contributed by atoms with Crippen LogP contribution in [-0.4, -0.2) is 10.9 Å². The molecule has 0 aliphatic carbocycles. The third kappa shape index (κ3) is 4.31. The van der Waals surface area contributed by atoms with Gasteiger partial charge in [-0.2, -0.15) is 5.26 Å². The van der Waals surface area contributed by atoms with Crippen molar-refractivity contribution in [3.63, 3.8) is 0 Å². The SMILES string of the molecule is N#Cc1cccc(Nc2cc(C(=O)Nc3ccc(Cl)c(Cl)c3)ccn2)c1. The molecule has 0 aliphatic heterocycles. The van der Waals surface area contributed by atoms with Crippen LogP contribution in [0.1, 0.15) is 15.9 Å². The van der Waals surface area contributed by atoms with Crippen molar-refractivity contribution in [2.75, 3.05) is 10.6 Å². The van der Waals surface area contributed by atoms with Crippen molar-refractivity contribution in [3.05, 3.63) is 82.0 Å². The van der Waals surface area contributed by atoms with Crippen LogP contribution in [0.5, 0.6) is 0 Å². The van der Waals surface area contributed by atoms with Gasteiger partial charge >= 0.3 is 0 Å². The number of nitrogens with one attached hydrogen (secondary N) is 2. The molecule has 7 heteroatoms. The van der Waals surface area contributed by atoms with Crippen LogP contribution in [0.3, 0.4) is 0 Å². The number of aromatic nitrogens is 1. The molecule has 2 aromatic carbocycles. The number of amides is 1. The fraction of sp³-hybridized carbons (Fsp3) is 0. The minimum Gasteiger partial charge on any atom is -0.340 e. The summed E-state index contributed by atoms with van der Waals surface area (Å²) in [5, 5.41) is 15.6. The lowest BCUT2D eigenvalue weighted by Gasteiger charge is -2.09. The van der Waals surface area contributed by atoms with E-state index in [1.54, 1.807) is 48.5 Å². The average Bonchev–Trinajstić information content (AvgIpc) is 2.65. The number of pyridine rings is 1. The Balaban J connectivity index is 1.76. The predicted molar refractivity (Wildman–Crippen MR) is 103 cm³/mol. The minimum absolute atomic E-state index is 0.306. The monoisotopic (exact) mass is 382 g/mol. The highest BCUT2D eigenvalue weighted by molar-refractivity contribution is 6.42. The second kappa shape index (κ2) is 7.87. The van der Waals surface area contributed by atoms with E-state index in [1.807, 2.05) is 6.07 Å². The number of anilines is 3. The van der Waals surface area contributed by atoms with Crippen LogP contribution in [0, 0.1) is 11.3 Å². The zero-order valence-electron chi connectivity index (χ0n) is 13.3. The van der Waals surface area contributed by atoms with E-state index in [4.69, 9.17) is 28.5 Å². The van der Waals surface area contributed by atoms with Gasteiger partial charge in [0.15, 0.2) is 0 Å². The summed E-state index contributed by atoms with van der Waals surface area (Å²) in [7, 11) is 0. The van der Waals surface area contributed by atoms with Gasteiger partial charge < -0.3 is 10.6 Å². The van der Waals surface area contributed by atoms with Gasteiger partial charge in [-0.3, -0.25) is 4.79 Å². The molecule has 3 rings (SSSR count). The first-order valence-corrected chi connectivity index (χ1v) is 8.30. The molecule has 1 aromatic heterocycles. The molecule has 0 radical (unpaired) electrons. The predicted octanol–water partition coefficient (Wildman–Crippen LogP) is 5.26. The van der Waals surface area contributed by atoms with Gasteiger partial charge in [-0.15, -0.1) is 0 Å². The van der Waals surface area contributed by atoms with E-state index < -0.39 is 0 Å². The fourth-order valence-electron chi connectivity index (χ4n) is 2.23. The zero-order valence-corrected chi connectivity index (χ0v) is 14.8. The first-order chi connectivity index (χ1) is 12.5. The van der Waals surface area contributed by atoms with E-state index in [1.165, 1.54) is 6.20 Å². The summed E-state index contributed by atoms with van der Waals surface area (Å²) in [6.45, 7) is 0. The third-order valence-corrected chi connectivity index (χ3v) is 4.20. The molecule has 0 unspecified atom stereocenters. The maximum Gasteiger partial charge on any atom is 0.255 e. The molecule has 0 saturated carbocycles. The van der Waals surface area contributed by atoms with Crippen LogP contribution in [0.4, 0.5) is 17.2 Å². The van der Waals surface area contributed by atoms with Crippen LogP contribution in [-0.2, 0) is 0 Å². The minimum atomic E-state index is -0.306. The van der Waals surface area contributed by atoms with Gasteiger partial charge in [-0.25, -0.2) is 4.98 Å². The lowest BCUT2D eigenvalue weighted by molar-refractivity contribution is 0.102. The topological polar surface area (TPSA) is 77.8 Å². The standard InChI is InChI=1S/C19H12Cl2N4O/c20-16-5-4-15(10-17(16)21)25-19(26)13-6-7-23-18(9-13)24-14-3-1-2-12(8-14)11-22/h1-10H,(H,23,24)(H,25,26). The summed E-state index contributed by atoms with van der Waals surface area (Å²) in [5.41, 5.74) is 2.20. The van der Waals surface area contributed by atoms with Gasteiger partial charge in [0.05, 0.1) is 21.7 Å². The van der Waals surface area contributed by atoms with Gasteiger partial charge in [-0.1, -0.05) is 29.3 Å². The van der Waals surface area contributed by atoms with E-state index in [-0.39, 0.29) is 5.91 Å². The first kappa shape index (κ1) is 17.7. The molecule has 0 aliphatic rings. The summed E-state index contributed by atoms with van der Waals surface area (Å²) < 4.78 is 0. The number of nitriles is 1. The molecule has 2 N–H and O–H groups in total. The van der Waals surface area contributed by atoms with Crippen molar-refractivity contribution >= 4 is 46.3 Å². The van der Waals surface area contributed by atoms with Crippen molar-refractivity contribution in [1.82, 2.24) is 4.98 Å². The molecule has 0 saturated heterocycles. The number of rotatable bonds is 4. The van der Waals surface area contributed by atoms with Crippen LogP contribution in [0.25, 0.3) is 0 Å². The van der Waals surface area contributed by atoms with E-state index in [2.05, 4.69) is 21.7 Å². The van der Waals surface area contributed by atoms with Crippen LogP contribution >= 0.6 is 23.2 Å². The molecule has 0 fully saturated rings. The molecular formula is C19H12Cl2N4O. The Kier molecular flexibility index (Phi) is 5.37. The molecule has 0 atom stereocenters. The van der Waals surface area contributed by atoms with Gasteiger partial charge in [0.1, 0.15) is 5.82 Å². The quantitative estimate of drug-likeness (QED) is 0.645. The van der Waals surface area contributed by atoms with E-state index >= 15 is 0 Å². The molecule has 0 spiro atoms. The van der Waals surface area contributed by atoms with E-state index in [9.17, 15) is 4.79 Å². The molecular weight excluding hydrogens is 371 g/mol. The number of carbonyl (C=O) groups is 1. The zero-order chi connectivity index (χ0) is 18.5. The third-order valence-electron chi connectivity index (χ3n) is 3.46. The number of carbonyl (C=O) groups excluding carboxylic acids is 1. The Hall–Kier alpha value is -3.07. The summed E-state index contributed by atoms with van der Waals surface area (Å²) in [6, 6.07) is 17.1. The fourth-order valence-corrected chi connectivity index (χ4v) is 2.53. The van der Waals surface area contributed by atoms with Gasteiger partial charge in [0, 0.05) is 23.1 Å². The summed E-state index contributed by atoms with van der Waals surface area (Å²) in [4.78, 5) is 16.6. The number of benzene rings is 2. The molecule has 3 aromatic rings. The van der Waals surface area contributed by atoms with Gasteiger partial charge in [0.2, 0.25) is 0 Å². The first-order valence-electron chi connectivity index (χ1n) is 7.55. The highest BCUT2D eigenvalue weighted by Gasteiger charge is 2.09.